The van der Waals surface area contributed by atoms with E-state index in [1.165, 1.54) is 44.1 Å². The molecule has 1 aliphatic heterocycles. The molecule has 0 spiro atoms. The summed E-state index contributed by atoms with van der Waals surface area (Å²) in [5, 5.41) is 0. The number of nitrogens with two attached hydrogens (primary N) is 1. The molecule has 4 aliphatic rings. The van der Waals surface area contributed by atoms with Crippen molar-refractivity contribution in [3.63, 3.8) is 0 Å². The molecule has 0 radical (unpaired) electrons. The molecule has 5 nitrogen and oxygen atoms in total. The van der Waals surface area contributed by atoms with Gasteiger partial charge in [0.25, 0.3) is 0 Å². The summed E-state index contributed by atoms with van der Waals surface area (Å²) in [6, 6.07) is 1.85. The molecule has 32 heavy (non-hydrogen) atoms. The summed E-state index contributed by atoms with van der Waals surface area (Å²) in [4.78, 5) is 4.05. The first kappa shape index (κ1) is 22.2. The second kappa shape index (κ2) is 8.64. The van der Waals surface area contributed by atoms with E-state index in [1.54, 1.807) is 12.4 Å². The zero-order chi connectivity index (χ0) is 22.3. The molecule has 176 valence electrons. The minimum Gasteiger partial charge on any atom is -0.491 e. The van der Waals surface area contributed by atoms with Gasteiger partial charge >= 0.3 is 0 Å². The van der Waals surface area contributed by atoms with Crippen LogP contribution in [0.15, 0.2) is 30.6 Å². The van der Waals surface area contributed by atoms with Gasteiger partial charge in [-0.25, -0.2) is 0 Å². The molecule has 4 fully saturated rings. The second-order valence-corrected chi connectivity index (χ2v) is 11.3. The highest BCUT2D eigenvalue weighted by atomic mass is 16.7. The van der Waals surface area contributed by atoms with Crippen LogP contribution in [-0.2, 0) is 9.47 Å². The van der Waals surface area contributed by atoms with E-state index in [0.29, 0.717) is 36.2 Å². The number of hydrogen-bond donors (Lipinski definition) is 1. The quantitative estimate of drug-likeness (QED) is 0.590. The molecular formula is C27H40N2O3. The number of ether oxygens (including phenoxy) is 3. The molecule has 3 saturated carbocycles. The minimum atomic E-state index is 0.0218. The third-order valence-corrected chi connectivity index (χ3v) is 9.43. The van der Waals surface area contributed by atoms with Crippen molar-refractivity contribution in [2.45, 2.75) is 84.0 Å². The van der Waals surface area contributed by atoms with Crippen LogP contribution in [0, 0.1) is 28.6 Å². The van der Waals surface area contributed by atoms with E-state index in [4.69, 9.17) is 19.9 Å². The number of anilines is 1. The first-order valence-corrected chi connectivity index (χ1v) is 12.7. The Balaban J connectivity index is 1.29. The zero-order valence-corrected chi connectivity index (χ0v) is 19.9. The maximum atomic E-state index is 6.70. The Hall–Kier alpha value is -1.59. The molecule has 2 N–H and O–H groups in total. The van der Waals surface area contributed by atoms with Gasteiger partial charge in [-0.05, 0) is 62.2 Å². The van der Waals surface area contributed by atoms with Crippen LogP contribution in [-0.4, -0.2) is 30.6 Å². The molecule has 0 aromatic carbocycles. The normalized spacial score (nSPS) is 40.0. The molecule has 0 amide bonds. The zero-order valence-electron chi connectivity index (χ0n) is 19.9. The SMILES string of the molecule is C=C1CCC2[C@]3(C)CO[C@@H](C4CCCC4)O[C@@H]3CC[C@@]2(C)[C@@H]1CCOc1ccncc1N. The highest BCUT2D eigenvalue weighted by Gasteiger charge is 2.60. The van der Waals surface area contributed by atoms with Gasteiger partial charge in [-0.15, -0.1) is 0 Å². The number of aromatic nitrogens is 1. The summed E-state index contributed by atoms with van der Waals surface area (Å²) < 4.78 is 19.2. The Morgan fingerprint density at radius 2 is 2.00 bits per heavy atom. The van der Waals surface area contributed by atoms with Crippen molar-refractivity contribution in [1.82, 2.24) is 4.98 Å². The summed E-state index contributed by atoms with van der Waals surface area (Å²) in [7, 11) is 0. The van der Waals surface area contributed by atoms with Crippen LogP contribution in [0.2, 0.25) is 0 Å². The number of rotatable bonds is 5. The number of nitrogens with zero attached hydrogens (tertiary/aromatic N) is 1. The third kappa shape index (κ3) is 3.75. The fourth-order valence-corrected chi connectivity index (χ4v) is 7.67. The summed E-state index contributed by atoms with van der Waals surface area (Å²) in [6.07, 6.45) is 14.5. The topological polar surface area (TPSA) is 66.6 Å². The van der Waals surface area contributed by atoms with Gasteiger partial charge in [0.05, 0.1) is 31.2 Å². The maximum absolute atomic E-state index is 6.70. The van der Waals surface area contributed by atoms with E-state index >= 15 is 0 Å². The number of pyridine rings is 1. The molecule has 1 unspecified atom stereocenters. The van der Waals surface area contributed by atoms with E-state index in [-0.39, 0.29) is 17.1 Å². The van der Waals surface area contributed by atoms with Gasteiger partial charge in [0.15, 0.2) is 6.29 Å². The Labute approximate surface area is 193 Å². The van der Waals surface area contributed by atoms with Crippen LogP contribution in [0.4, 0.5) is 5.69 Å². The van der Waals surface area contributed by atoms with Crippen molar-refractivity contribution in [2.24, 2.45) is 28.6 Å². The highest BCUT2D eigenvalue weighted by molar-refractivity contribution is 5.49. The average Bonchev–Trinajstić information content (AvgIpc) is 3.31. The lowest BCUT2D eigenvalue weighted by Gasteiger charge is -2.63. The van der Waals surface area contributed by atoms with E-state index in [9.17, 15) is 0 Å². The Kier molecular flexibility index (Phi) is 6.00. The van der Waals surface area contributed by atoms with E-state index in [2.05, 4.69) is 25.4 Å². The molecule has 5 rings (SSSR count). The lowest BCUT2D eigenvalue weighted by atomic mass is 9.46. The first-order chi connectivity index (χ1) is 15.4. The smallest absolute Gasteiger partial charge is 0.160 e. The van der Waals surface area contributed by atoms with Crippen LogP contribution in [0.25, 0.3) is 0 Å². The van der Waals surface area contributed by atoms with Crippen LogP contribution >= 0.6 is 0 Å². The van der Waals surface area contributed by atoms with E-state index in [1.807, 2.05) is 6.07 Å². The lowest BCUT2D eigenvalue weighted by Crippen LogP contribution is -2.62. The summed E-state index contributed by atoms with van der Waals surface area (Å²) in [5.41, 5.74) is 8.29. The minimum absolute atomic E-state index is 0.0218. The number of allylic oxidation sites excluding steroid dienone is 1. The monoisotopic (exact) mass is 440 g/mol. The van der Waals surface area contributed by atoms with Crippen LogP contribution in [0.1, 0.15) is 71.6 Å². The average molecular weight is 441 g/mol. The predicted octanol–water partition coefficient (Wildman–Crippen LogP) is 5.75. The fourth-order valence-electron chi connectivity index (χ4n) is 7.67. The first-order valence-electron chi connectivity index (χ1n) is 12.7. The molecule has 2 heterocycles. The van der Waals surface area contributed by atoms with Gasteiger partial charge in [-0.3, -0.25) is 4.98 Å². The van der Waals surface area contributed by atoms with Crippen molar-refractivity contribution < 1.29 is 14.2 Å². The summed E-state index contributed by atoms with van der Waals surface area (Å²) in [5.74, 6) is 2.37. The molecule has 6 atom stereocenters. The van der Waals surface area contributed by atoms with E-state index < -0.39 is 0 Å². The van der Waals surface area contributed by atoms with Gasteiger partial charge < -0.3 is 19.9 Å². The molecule has 3 aliphatic carbocycles. The van der Waals surface area contributed by atoms with Gasteiger partial charge in [0.2, 0.25) is 0 Å². The number of hydrogen-bond acceptors (Lipinski definition) is 5. The van der Waals surface area contributed by atoms with Crippen molar-refractivity contribution in [2.75, 3.05) is 18.9 Å². The Morgan fingerprint density at radius 3 is 2.78 bits per heavy atom. The van der Waals surface area contributed by atoms with Crippen molar-refractivity contribution in [3.8, 4) is 5.75 Å². The van der Waals surface area contributed by atoms with Crippen molar-refractivity contribution >= 4 is 5.69 Å². The van der Waals surface area contributed by atoms with Gasteiger partial charge in [0.1, 0.15) is 5.75 Å². The molecule has 0 bridgehead atoms. The predicted molar refractivity (Wildman–Crippen MR) is 126 cm³/mol. The van der Waals surface area contributed by atoms with Crippen molar-refractivity contribution in [1.29, 1.82) is 0 Å². The molecular weight excluding hydrogens is 400 g/mol. The fraction of sp³-hybridized carbons (Fsp3) is 0.741. The Bertz CT molecular complexity index is 838. The maximum Gasteiger partial charge on any atom is 0.160 e. The molecule has 1 aromatic heterocycles. The summed E-state index contributed by atoms with van der Waals surface area (Å²) in [6.45, 7) is 10.9. The second-order valence-electron chi connectivity index (χ2n) is 11.3. The molecule has 1 aromatic rings. The van der Waals surface area contributed by atoms with Crippen LogP contribution < -0.4 is 10.5 Å². The number of fused-ring (bicyclic) bond motifs is 3. The van der Waals surface area contributed by atoms with Gasteiger partial charge in [-0.1, -0.05) is 38.8 Å². The van der Waals surface area contributed by atoms with Crippen LogP contribution in [0.5, 0.6) is 5.75 Å². The lowest BCUT2D eigenvalue weighted by molar-refractivity contribution is -0.316. The third-order valence-electron chi connectivity index (χ3n) is 9.43. The van der Waals surface area contributed by atoms with Crippen molar-refractivity contribution in [3.05, 3.63) is 30.6 Å². The van der Waals surface area contributed by atoms with Crippen LogP contribution in [0.3, 0.4) is 0 Å². The highest BCUT2D eigenvalue weighted by Crippen LogP contribution is 2.63. The standard InChI is InChI=1S/C27H40N2O3/c1-18-8-9-23-26(2,20(18)12-15-30-22-11-14-29-16-21(22)28)13-10-24-27(23,3)17-31-25(32-24)19-6-4-5-7-19/h11,14,16,19-20,23-25H,1,4-10,12-13,15,17,28H2,2-3H3/t20-,23?,24-,25-,26+,27+/m1/s1. The molecule has 1 saturated heterocycles. The van der Waals surface area contributed by atoms with Gasteiger partial charge in [-0.2, -0.15) is 0 Å². The largest absolute Gasteiger partial charge is 0.491 e. The van der Waals surface area contributed by atoms with E-state index in [0.717, 1.165) is 31.6 Å². The summed E-state index contributed by atoms with van der Waals surface area (Å²) >= 11 is 0. The molecule has 5 heteroatoms. The Morgan fingerprint density at radius 1 is 1.19 bits per heavy atom. The number of nitrogen functional groups attached to an aromatic ring is 1. The van der Waals surface area contributed by atoms with Gasteiger partial charge in [0, 0.05) is 23.6 Å².